The molecule has 8 heteroatoms. The molecule has 0 saturated carbocycles. The van der Waals surface area contributed by atoms with Crippen LogP contribution in [0.4, 0.5) is 11.5 Å². The molecule has 0 spiro atoms. The summed E-state index contributed by atoms with van der Waals surface area (Å²) in [5.41, 5.74) is 2.24. The fraction of sp³-hybridized carbons (Fsp3) is 0. The lowest BCUT2D eigenvalue weighted by atomic mass is 10.4. The van der Waals surface area contributed by atoms with E-state index in [1.54, 1.807) is 12.1 Å². The Morgan fingerprint density at radius 2 is 2.00 bits per heavy atom. The number of halogens is 1. The summed E-state index contributed by atoms with van der Waals surface area (Å²) in [4.78, 5) is 15.3. The van der Waals surface area contributed by atoms with E-state index >= 15 is 0 Å². The van der Waals surface area contributed by atoms with E-state index in [-0.39, 0.29) is 11.5 Å². The minimum Gasteiger partial charge on any atom is -0.308 e. The van der Waals surface area contributed by atoms with E-state index in [9.17, 15) is 10.1 Å². The van der Waals surface area contributed by atoms with Crippen molar-refractivity contribution in [1.29, 1.82) is 0 Å². The Labute approximate surface area is 118 Å². The van der Waals surface area contributed by atoms with Gasteiger partial charge in [0.15, 0.2) is 0 Å². The highest BCUT2D eigenvalue weighted by Gasteiger charge is 2.11. The first-order chi connectivity index (χ1) is 9.08. The van der Waals surface area contributed by atoms with Crippen LogP contribution in [0.3, 0.4) is 0 Å². The van der Waals surface area contributed by atoms with Crippen molar-refractivity contribution < 1.29 is 4.92 Å². The van der Waals surface area contributed by atoms with Crippen LogP contribution in [0.15, 0.2) is 46.3 Å². The van der Waals surface area contributed by atoms with Crippen LogP contribution in [0.25, 0.3) is 0 Å². The Kier molecular flexibility index (Phi) is 4.20. The lowest BCUT2D eigenvalue weighted by Crippen LogP contribution is -2.09. The van der Waals surface area contributed by atoms with E-state index in [0.717, 1.165) is 4.90 Å². The van der Waals surface area contributed by atoms with Gasteiger partial charge in [0, 0.05) is 16.0 Å². The molecule has 19 heavy (non-hydrogen) atoms. The molecule has 3 N–H and O–H groups in total. The van der Waals surface area contributed by atoms with Crippen molar-refractivity contribution in [3.63, 3.8) is 0 Å². The zero-order chi connectivity index (χ0) is 13.8. The largest absolute Gasteiger partial charge is 0.308 e. The van der Waals surface area contributed by atoms with E-state index in [1.807, 2.05) is 12.1 Å². The Bertz CT molecular complexity index is 606. The van der Waals surface area contributed by atoms with Gasteiger partial charge in [-0.05, 0) is 24.3 Å². The molecule has 1 aromatic carbocycles. The second-order valence-corrected chi connectivity index (χ2v) is 5.04. The number of benzene rings is 1. The summed E-state index contributed by atoms with van der Waals surface area (Å²) in [6.07, 6.45) is 0. The summed E-state index contributed by atoms with van der Waals surface area (Å²) in [5.74, 6) is 5.48. The number of anilines is 1. The minimum atomic E-state index is -0.492. The predicted octanol–water partition coefficient (Wildman–Crippen LogP) is 3.08. The summed E-state index contributed by atoms with van der Waals surface area (Å²) in [7, 11) is 0. The molecule has 0 atom stereocenters. The summed E-state index contributed by atoms with van der Waals surface area (Å²) in [5, 5.41) is 11.9. The standard InChI is InChI=1S/C11H9ClN4O2S/c12-7-1-3-9(4-2-7)19-11-6-8(16(17)18)5-10(14-11)15-13/h1-6H,13H2,(H,14,15). The normalized spacial score (nSPS) is 10.2. The van der Waals surface area contributed by atoms with E-state index in [1.165, 1.54) is 23.9 Å². The molecule has 0 aliphatic carbocycles. The van der Waals surface area contributed by atoms with Crippen molar-refractivity contribution in [3.8, 4) is 0 Å². The zero-order valence-corrected chi connectivity index (χ0v) is 11.1. The number of aromatic nitrogens is 1. The maximum Gasteiger partial charge on any atom is 0.275 e. The van der Waals surface area contributed by atoms with Crippen LogP contribution in [0.5, 0.6) is 0 Å². The average Bonchev–Trinajstić information content (AvgIpc) is 2.41. The third kappa shape index (κ3) is 3.57. The summed E-state index contributed by atoms with van der Waals surface area (Å²) < 4.78 is 0. The van der Waals surface area contributed by atoms with E-state index in [2.05, 4.69) is 10.4 Å². The highest BCUT2D eigenvalue weighted by molar-refractivity contribution is 7.99. The summed E-state index contributed by atoms with van der Waals surface area (Å²) in [6, 6.07) is 9.75. The van der Waals surface area contributed by atoms with Gasteiger partial charge < -0.3 is 5.43 Å². The number of hydrogen-bond acceptors (Lipinski definition) is 6. The van der Waals surface area contributed by atoms with Gasteiger partial charge in [-0.3, -0.25) is 10.1 Å². The molecule has 0 radical (unpaired) electrons. The quantitative estimate of drug-likeness (QED) is 0.511. The van der Waals surface area contributed by atoms with Crippen molar-refractivity contribution in [2.75, 3.05) is 5.43 Å². The Morgan fingerprint density at radius 3 is 2.58 bits per heavy atom. The number of nitrogens with one attached hydrogen (secondary N) is 1. The molecule has 98 valence electrons. The van der Waals surface area contributed by atoms with Gasteiger partial charge in [0.25, 0.3) is 5.69 Å². The van der Waals surface area contributed by atoms with Crippen LogP contribution >= 0.6 is 23.4 Å². The van der Waals surface area contributed by atoms with Crippen molar-refractivity contribution in [2.45, 2.75) is 9.92 Å². The minimum absolute atomic E-state index is 0.0700. The van der Waals surface area contributed by atoms with Gasteiger partial charge in [0.2, 0.25) is 0 Å². The summed E-state index contributed by atoms with van der Waals surface area (Å²) in [6.45, 7) is 0. The number of nitrogens with two attached hydrogens (primary N) is 1. The molecule has 0 amide bonds. The van der Waals surface area contributed by atoms with Crippen molar-refractivity contribution >= 4 is 34.9 Å². The number of nitrogens with zero attached hydrogens (tertiary/aromatic N) is 2. The van der Waals surface area contributed by atoms with Crippen LogP contribution in [0.1, 0.15) is 0 Å². The van der Waals surface area contributed by atoms with E-state index in [4.69, 9.17) is 17.4 Å². The topological polar surface area (TPSA) is 94.1 Å². The van der Waals surface area contributed by atoms with Crippen molar-refractivity contribution in [3.05, 3.63) is 51.5 Å². The zero-order valence-electron chi connectivity index (χ0n) is 9.54. The molecular formula is C11H9ClN4O2S. The molecule has 1 aromatic heterocycles. The molecule has 2 rings (SSSR count). The van der Waals surface area contributed by atoms with Crippen LogP contribution in [-0.2, 0) is 0 Å². The third-order valence-electron chi connectivity index (χ3n) is 2.18. The second kappa shape index (κ2) is 5.87. The lowest BCUT2D eigenvalue weighted by Gasteiger charge is -2.04. The van der Waals surface area contributed by atoms with Gasteiger partial charge in [-0.2, -0.15) is 0 Å². The number of pyridine rings is 1. The lowest BCUT2D eigenvalue weighted by molar-refractivity contribution is -0.385. The first-order valence-electron chi connectivity index (χ1n) is 5.15. The SMILES string of the molecule is NNc1cc([N+](=O)[O-])cc(Sc2ccc(Cl)cc2)n1. The first kappa shape index (κ1) is 13.6. The first-order valence-corrected chi connectivity index (χ1v) is 6.34. The summed E-state index contributed by atoms with van der Waals surface area (Å²) >= 11 is 7.08. The maximum absolute atomic E-state index is 10.8. The Balaban J connectivity index is 2.31. The van der Waals surface area contributed by atoms with Crippen LogP contribution in [-0.4, -0.2) is 9.91 Å². The van der Waals surface area contributed by atoms with Gasteiger partial charge in [-0.1, -0.05) is 23.4 Å². The number of hydrogen-bond donors (Lipinski definition) is 2. The molecule has 0 saturated heterocycles. The molecule has 0 aliphatic heterocycles. The average molecular weight is 297 g/mol. The molecule has 2 aromatic rings. The Morgan fingerprint density at radius 1 is 1.32 bits per heavy atom. The molecule has 0 fully saturated rings. The number of nitro groups is 1. The fourth-order valence-corrected chi connectivity index (χ4v) is 2.31. The van der Waals surface area contributed by atoms with Crippen molar-refractivity contribution in [2.24, 2.45) is 5.84 Å². The van der Waals surface area contributed by atoms with E-state index < -0.39 is 4.92 Å². The molecule has 1 heterocycles. The van der Waals surface area contributed by atoms with Crippen LogP contribution in [0, 0.1) is 10.1 Å². The molecule has 6 nitrogen and oxygen atoms in total. The van der Waals surface area contributed by atoms with Gasteiger partial charge >= 0.3 is 0 Å². The van der Waals surface area contributed by atoms with Gasteiger partial charge in [0.1, 0.15) is 10.8 Å². The van der Waals surface area contributed by atoms with E-state index in [0.29, 0.717) is 10.0 Å². The number of nitrogen functional groups attached to an aromatic ring is 1. The molecular weight excluding hydrogens is 288 g/mol. The second-order valence-electron chi connectivity index (χ2n) is 3.51. The molecule has 0 bridgehead atoms. The third-order valence-corrected chi connectivity index (χ3v) is 3.36. The maximum atomic E-state index is 10.8. The number of rotatable bonds is 4. The highest BCUT2D eigenvalue weighted by atomic mass is 35.5. The van der Waals surface area contributed by atoms with Gasteiger partial charge in [-0.15, -0.1) is 0 Å². The van der Waals surface area contributed by atoms with Gasteiger partial charge in [-0.25, -0.2) is 10.8 Å². The highest BCUT2D eigenvalue weighted by Crippen LogP contribution is 2.30. The fourth-order valence-electron chi connectivity index (χ4n) is 1.35. The van der Waals surface area contributed by atoms with Crippen molar-refractivity contribution in [1.82, 2.24) is 4.98 Å². The monoisotopic (exact) mass is 296 g/mol. The Hall–Kier alpha value is -1.83. The van der Waals surface area contributed by atoms with Crippen LogP contribution in [0.2, 0.25) is 5.02 Å². The molecule has 0 unspecified atom stereocenters. The smallest absolute Gasteiger partial charge is 0.275 e. The van der Waals surface area contributed by atoms with Crippen LogP contribution < -0.4 is 11.3 Å². The predicted molar refractivity (Wildman–Crippen MR) is 74.3 cm³/mol. The van der Waals surface area contributed by atoms with Gasteiger partial charge in [0.05, 0.1) is 11.0 Å². The number of hydrazine groups is 1. The molecule has 0 aliphatic rings.